The highest BCUT2D eigenvalue weighted by atomic mass is 19.3. The number of benzene rings is 1. The van der Waals surface area contributed by atoms with Gasteiger partial charge < -0.3 is 14.6 Å². The molecule has 1 N–H and O–H groups in total. The zero-order chi connectivity index (χ0) is 15.9. The van der Waals surface area contributed by atoms with Gasteiger partial charge in [0, 0.05) is 5.56 Å². The average molecular weight is 310 g/mol. The van der Waals surface area contributed by atoms with E-state index in [1.807, 2.05) is 6.92 Å². The van der Waals surface area contributed by atoms with E-state index in [1.54, 1.807) is 24.3 Å². The molecule has 0 aliphatic carbocycles. The normalized spacial score (nSPS) is 13.5. The standard InChI is InChI=1S/C14H18F4O3/c1-2-7-21-12-6-4-3-5-10(12)11(19)8-20-9-14(17,18)13(15)16/h3-6,11,13,19H,2,7-9H2,1H3. The third-order valence-corrected chi connectivity index (χ3v) is 2.63. The highest BCUT2D eigenvalue weighted by Crippen LogP contribution is 2.27. The van der Waals surface area contributed by atoms with Gasteiger partial charge in [-0.05, 0) is 12.5 Å². The van der Waals surface area contributed by atoms with Gasteiger partial charge in [0.25, 0.3) is 0 Å². The van der Waals surface area contributed by atoms with Crippen LogP contribution in [-0.4, -0.2) is 37.3 Å². The number of aliphatic hydroxyl groups excluding tert-OH is 1. The molecule has 0 radical (unpaired) electrons. The predicted molar refractivity (Wildman–Crippen MR) is 69.0 cm³/mol. The van der Waals surface area contributed by atoms with Crippen molar-refractivity contribution in [2.75, 3.05) is 19.8 Å². The van der Waals surface area contributed by atoms with E-state index in [2.05, 4.69) is 4.74 Å². The maximum atomic E-state index is 12.7. The van der Waals surface area contributed by atoms with E-state index in [9.17, 15) is 22.7 Å². The molecule has 3 nitrogen and oxygen atoms in total. The molecule has 0 saturated carbocycles. The number of hydrogen-bond acceptors (Lipinski definition) is 3. The molecule has 0 heterocycles. The van der Waals surface area contributed by atoms with Crippen LogP contribution in [0.4, 0.5) is 17.6 Å². The SMILES string of the molecule is CCCOc1ccccc1C(O)COCC(F)(F)C(F)F. The van der Waals surface area contributed by atoms with Gasteiger partial charge in [0.2, 0.25) is 0 Å². The van der Waals surface area contributed by atoms with Gasteiger partial charge in [0.1, 0.15) is 18.5 Å². The number of alkyl halides is 4. The van der Waals surface area contributed by atoms with Crippen molar-refractivity contribution in [1.82, 2.24) is 0 Å². The Labute approximate surface area is 120 Å². The van der Waals surface area contributed by atoms with Gasteiger partial charge in [-0.25, -0.2) is 8.78 Å². The van der Waals surface area contributed by atoms with Crippen molar-refractivity contribution in [3.8, 4) is 5.75 Å². The minimum Gasteiger partial charge on any atom is -0.493 e. The summed E-state index contributed by atoms with van der Waals surface area (Å²) in [6, 6.07) is 6.53. The Morgan fingerprint density at radius 2 is 1.90 bits per heavy atom. The van der Waals surface area contributed by atoms with Crippen molar-refractivity contribution in [2.45, 2.75) is 31.8 Å². The zero-order valence-corrected chi connectivity index (χ0v) is 11.6. The number of hydrogen-bond donors (Lipinski definition) is 1. The molecule has 1 rings (SSSR count). The Balaban J connectivity index is 2.57. The van der Waals surface area contributed by atoms with Crippen molar-refractivity contribution in [2.24, 2.45) is 0 Å². The van der Waals surface area contributed by atoms with Gasteiger partial charge in [-0.1, -0.05) is 25.1 Å². The molecule has 0 amide bonds. The van der Waals surface area contributed by atoms with Gasteiger partial charge >= 0.3 is 12.3 Å². The summed E-state index contributed by atoms with van der Waals surface area (Å²) in [5, 5.41) is 9.90. The fraction of sp³-hybridized carbons (Fsp3) is 0.571. The molecule has 1 unspecified atom stereocenters. The summed E-state index contributed by atoms with van der Waals surface area (Å²) in [5.74, 6) is -3.81. The molecule has 0 fully saturated rings. The van der Waals surface area contributed by atoms with Crippen LogP contribution < -0.4 is 4.74 Å². The first-order chi connectivity index (χ1) is 9.88. The van der Waals surface area contributed by atoms with Crippen LogP contribution in [0.2, 0.25) is 0 Å². The lowest BCUT2D eigenvalue weighted by Gasteiger charge is -2.19. The summed E-state index contributed by atoms with van der Waals surface area (Å²) < 4.78 is 59.1. The summed E-state index contributed by atoms with van der Waals surface area (Å²) in [4.78, 5) is 0. The number of rotatable bonds is 9. The van der Waals surface area contributed by atoms with Crippen molar-refractivity contribution >= 4 is 0 Å². The molecule has 7 heteroatoms. The van der Waals surface area contributed by atoms with Crippen LogP contribution >= 0.6 is 0 Å². The second-order valence-corrected chi connectivity index (χ2v) is 4.48. The van der Waals surface area contributed by atoms with Crippen LogP contribution in [0.3, 0.4) is 0 Å². The topological polar surface area (TPSA) is 38.7 Å². The first-order valence-corrected chi connectivity index (χ1v) is 6.52. The molecule has 0 aromatic heterocycles. The van der Waals surface area contributed by atoms with E-state index in [1.165, 1.54) is 0 Å². The van der Waals surface area contributed by atoms with Gasteiger partial charge in [0.05, 0.1) is 13.2 Å². The first kappa shape index (κ1) is 17.7. The van der Waals surface area contributed by atoms with Crippen LogP contribution in [0.15, 0.2) is 24.3 Å². The predicted octanol–water partition coefficient (Wildman–Crippen LogP) is 3.43. The summed E-state index contributed by atoms with van der Waals surface area (Å²) in [6.45, 7) is 0.386. The molecule has 0 aliphatic rings. The van der Waals surface area contributed by atoms with Crippen LogP contribution in [0.5, 0.6) is 5.75 Å². The van der Waals surface area contributed by atoms with E-state index in [0.717, 1.165) is 6.42 Å². The third kappa shape index (κ3) is 5.51. The lowest BCUT2D eigenvalue weighted by atomic mass is 10.1. The zero-order valence-electron chi connectivity index (χ0n) is 11.6. The molecular weight excluding hydrogens is 292 g/mol. The van der Waals surface area contributed by atoms with Crippen LogP contribution in [-0.2, 0) is 4.74 Å². The average Bonchev–Trinajstić information content (AvgIpc) is 2.45. The molecule has 0 bridgehead atoms. The number of halogens is 4. The Bertz CT molecular complexity index is 426. The molecule has 21 heavy (non-hydrogen) atoms. The second-order valence-electron chi connectivity index (χ2n) is 4.48. The summed E-state index contributed by atoms with van der Waals surface area (Å²) in [6.07, 6.45) is -4.26. The lowest BCUT2D eigenvalue weighted by Crippen LogP contribution is -2.33. The van der Waals surface area contributed by atoms with E-state index in [0.29, 0.717) is 17.9 Å². The summed E-state index contributed by atoms with van der Waals surface area (Å²) in [7, 11) is 0. The van der Waals surface area contributed by atoms with Crippen molar-refractivity contribution < 1.29 is 32.1 Å². The van der Waals surface area contributed by atoms with E-state index >= 15 is 0 Å². The number of para-hydroxylation sites is 1. The first-order valence-electron chi connectivity index (χ1n) is 6.52. The minimum absolute atomic E-state index is 0.367. The lowest BCUT2D eigenvalue weighted by molar-refractivity contribution is -0.170. The molecule has 1 atom stereocenters. The fourth-order valence-electron chi connectivity index (χ4n) is 1.56. The van der Waals surface area contributed by atoms with Crippen molar-refractivity contribution in [1.29, 1.82) is 0 Å². The molecule has 120 valence electrons. The Kier molecular flexibility index (Phi) is 6.91. The summed E-state index contributed by atoms with van der Waals surface area (Å²) >= 11 is 0. The van der Waals surface area contributed by atoms with E-state index in [-0.39, 0.29) is 0 Å². The molecule has 1 aromatic carbocycles. The largest absolute Gasteiger partial charge is 0.493 e. The smallest absolute Gasteiger partial charge is 0.330 e. The fourth-order valence-corrected chi connectivity index (χ4v) is 1.56. The molecule has 1 aromatic rings. The quantitative estimate of drug-likeness (QED) is 0.710. The van der Waals surface area contributed by atoms with Crippen molar-refractivity contribution in [3.63, 3.8) is 0 Å². The minimum atomic E-state index is -4.22. The van der Waals surface area contributed by atoms with Gasteiger partial charge in [-0.2, -0.15) is 8.78 Å². The van der Waals surface area contributed by atoms with Crippen LogP contribution in [0, 0.1) is 0 Å². The number of ether oxygens (including phenoxy) is 2. The second kappa shape index (κ2) is 8.19. The molecule has 0 aliphatic heterocycles. The maximum absolute atomic E-state index is 12.7. The summed E-state index contributed by atoms with van der Waals surface area (Å²) in [5.41, 5.74) is 0.367. The maximum Gasteiger partial charge on any atom is 0.330 e. The highest BCUT2D eigenvalue weighted by Gasteiger charge is 2.41. The molecule has 0 spiro atoms. The molecule has 0 saturated heterocycles. The van der Waals surface area contributed by atoms with Crippen LogP contribution in [0.25, 0.3) is 0 Å². The molecular formula is C14H18F4O3. The Morgan fingerprint density at radius 1 is 1.24 bits per heavy atom. The number of aliphatic hydroxyl groups is 1. The van der Waals surface area contributed by atoms with Gasteiger partial charge in [-0.3, -0.25) is 0 Å². The Hall–Kier alpha value is -1.34. The van der Waals surface area contributed by atoms with Crippen LogP contribution in [0.1, 0.15) is 25.0 Å². The monoisotopic (exact) mass is 310 g/mol. The van der Waals surface area contributed by atoms with E-state index < -0.39 is 31.7 Å². The Morgan fingerprint density at radius 3 is 2.52 bits per heavy atom. The van der Waals surface area contributed by atoms with Gasteiger partial charge in [0.15, 0.2) is 0 Å². The highest BCUT2D eigenvalue weighted by molar-refractivity contribution is 5.35. The van der Waals surface area contributed by atoms with Gasteiger partial charge in [-0.15, -0.1) is 0 Å². The van der Waals surface area contributed by atoms with E-state index in [4.69, 9.17) is 4.74 Å². The third-order valence-electron chi connectivity index (χ3n) is 2.63. The van der Waals surface area contributed by atoms with Crippen molar-refractivity contribution in [3.05, 3.63) is 29.8 Å².